The number of nitriles is 1. The van der Waals surface area contributed by atoms with Gasteiger partial charge < -0.3 is 5.32 Å². The van der Waals surface area contributed by atoms with Crippen LogP contribution in [0.25, 0.3) is 0 Å². The van der Waals surface area contributed by atoms with Crippen molar-refractivity contribution >= 4 is 10.0 Å². The summed E-state index contributed by atoms with van der Waals surface area (Å²) in [6.45, 7) is 5.24. The summed E-state index contributed by atoms with van der Waals surface area (Å²) in [4.78, 5) is 0. The maximum absolute atomic E-state index is 12.0. The Hall–Kier alpha value is -0.640. The highest BCUT2D eigenvalue weighted by Crippen LogP contribution is 2.13. The minimum Gasteiger partial charge on any atom is -0.312 e. The van der Waals surface area contributed by atoms with E-state index < -0.39 is 15.3 Å². The van der Waals surface area contributed by atoms with Gasteiger partial charge in [0.1, 0.15) is 0 Å². The van der Waals surface area contributed by atoms with Crippen LogP contribution in [-0.4, -0.2) is 43.6 Å². The summed E-state index contributed by atoms with van der Waals surface area (Å²) in [5.41, 5.74) is 0. The van der Waals surface area contributed by atoms with E-state index in [1.165, 1.54) is 4.31 Å². The maximum Gasteiger partial charge on any atom is 0.230 e. The van der Waals surface area contributed by atoms with Crippen molar-refractivity contribution < 1.29 is 8.42 Å². The molecule has 0 amide bonds. The van der Waals surface area contributed by atoms with Crippen LogP contribution in [0.3, 0.4) is 0 Å². The normalized spacial score (nSPS) is 25.8. The summed E-state index contributed by atoms with van der Waals surface area (Å²) < 4.78 is 25.4. The number of rotatable bonds is 3. The molecule has 0 saturated carbocycles. The highest BCUT2D eigenvalue weighted by molar-refractivity contribution is 7.90. The third-order valence-electron chi connectivity index (χ3n) is 2.57. The summed E-state index contributed by atoms with van der Waals surface area (Å²) in [6, 6.07) is 2.01. The van der Waals surface area contributed by atoms with Gasteiger partial charge in [-0.05, 0) is 13.3 Å². The highest BCUT2D eigenvalue weighted by atomic mass is 32.2. The molecule has 0 aliphatic carbocycles. The number of nitrogens with zero attached hydrogens (tertiary/aromatic N) is 2. The van der Waals surface area contributed by atoms with Gasteiger partial charge in [0, 0.05) is 25.7 Å². The second-order valence-corrected chi connectivity index (χ2v) is 5.90. The van der Waals surface area contributed by atoms with E-state index >= 15 is 0 Å². The van der Waals surface area contributed by atoms with E-state index in [1.54, 1.807) is 6.92 Å². The van der Waals surface area contributed by atoms with Crippen LogP contribution in [0.15, 0.2) is 0 Å². The van der Waals surface area contributed by atoms with E-state index in [4.69, 9.17) is 5.26 Å². The number of hydrogen-bond donors (Lipinski definition) is 1. The molecule has 0 bridgehead atoms. The first kappa shape index (κ1) is 12.4. The number of hydrogen-bond acceptors (Lipinski definition) is 4. The van der Waals surface area contributed by atoms with E-state index in [0.717, 1.165) is 0 Å². The van der Waals surface area contributed by atoms with Crippen molar-refractivity contribution in [2.75, 3.05) is 19.6 Å². The molecule has 1 N–H and O–H groups in total. The molecule has 1 saturated heterocycles. The topological polar surface area (TPSA) is 73.2 Å². The van der Waals surface area contributed by atoms with Crippen LogP contribution in [0.4, 0.5) is 0 Å². The molecule has 15 heavy (non-hydrogen) atoms. The van der Waals surface area contributed by atoms with Gasteiger partial charge in [0.05, 0.1) is 6.07 Å². The molecular weight excluding hydrogens is 214 g/mol. The Kier molecular flexibility index (Phi) is 4.08. The zero-order chi connectivity index (χ0) is 11.5. The standard InChI is InChI=1S/C9H17N3O2S/c1-3-9(6-10)15(13,14)12-5-4-11-8(2)7-12/h8-9,11H,3-5,7H2,1-2H3/t8-,9?/m0/s1. The Morgan fingerprint density at radius 3 is 2.80 bits per heavy atom. The first-order valence-corrected chi connectivity index (χ1v) is 6.64. The lowest BCUT2D eigenvalue weighted by Crippen LogP contribution is -2.53. The zero-order valence-electron chi connectivity index (χ0n) is 9.10. The average Bonchev–Trinajstić information content (AvgIpc) is 2.19. The molecule has 5 nitrogen and oxygen atoms in total. The summed E-state index contributed by atoms with van der Waals surface area (Å²) >= 11 is 0. The van der Waals surface area contributed by atoms with Crippen LogP contribution in [0.2, 0.25) is 0 Å². The summed E-state index contributed by atoms with van der Waals surface area (Å²) in [6.07, 6.45) is 0.344. The Labute approximate surface area is 91.1 Å². The number of nitrogens with one attached hydrogen (secondary N) is 1. The van der Waals surface area contributed by atoms with Gasteiger partial charge >= 0.3 is 0 Å². The molecule has 6 heteroatoms. The largest absolute Gasteiger partial charge is 0.312 e. The van der Waals surface area contributed by atoms with Gasteiger partial charge in [-0.1, -0.05) is 6.92 Å². The predicted octanol–water partition coefficient (Wildman–Crippen LogP) is -0.0879. The quantitative estimate of drug-likeness (QED) is 0.737. The van der Waals surface area contributed by atoms with Crippen molar-refractivity contribution in [1.29, 1.82) is 5.26 Å². The molecule has 1 fully saturated rings. The summed E-state index contributed by atoms with van der Waals surface area (Å²) in [7, 11) is -3.42. The van der Waals surface area contributed by atoms with Crippen LogP contribution in [0.5, 0.6) is 0 Å². The van der Waals surface area contributed by atoms with Crippen LogP contribution in [0, 0.1) is 11.3 Å². The molecule has 1 unspecified atom stereocenters. The fourth-order valence-electron chi connectivity index (χ4n) is 1.68. The zero-order valence-corrected chi connectivity index (χ0v) is 9.92. The van der Waals surface area contributed by atoms with E-state index in [1.807, 2.05) is 13.0 Å². The van der Waals surface area contributed by atoms with Crippen molar-refractivity contribution in [3.63, 3.8) is 0 Å². The third kappa shape index (κ3) is 2.68. The molecule has 86 valence electrons. The maximum atomic E-state index is 12.0. The second kappa shape index (κ2) is 4.92. The van der Waals surface area contributed by atoms with E-state index in [-0.39, 0.29) is 6.04 Å². The van der Waals surface area contributed by atoms with Crippen LogP contribution in [0.1, 0.15) is 20.3 Å². The smallest absolute Gasteiger partial charge is 0.230 e. The van der Waals surface area contributed by atoms with Gasteiger partial charge in [-0.25, -0.2) is 8.42 Å². The van der Waals surface area contributed by atoms with Crippen LogP contribution < -0.4 is 5.32 Å². The minimum atomic E-state index is -3.42. The minimum absolute atomic E-state index is 0.157. The Morgan fingerprint density at radius 2 is 2.33 bits per heavy atom. The molecule has 1 aliphatic rings. The van der Waals surface area contributed by atoms with Gasteiger partial charge in [-0.3, -0.25) is 0 Å². The molecular formula is C9H17N3O2S. The first-order valence-electron chi connectivity index (χ1n) is 5.14. The summed E-state index contributed by atoms with van der Waals surface area (Å²) in [5.74, 6) is 0. The van der Waals surface area contributed by atoms with Gasteiger partial charge in [-0.2, -0.15) is 9.57 Å². The molecule has 1 heterocycles. The summed E-state index contributed by atoms with van der Waals surface area (Å²) in [5, 5.41) is 11.1. The molecule has 2 atom stereocenters. The van der Waals surface area contributed by atoms with Crippen molar-refractivity contribution in [1.82, 2.24) is 9.62 Å². The first-order chi connectivity index (χ1) is 7.02. The van der Waals surface area contributed by atoms with Crippen molar-refractivity contribution in [2.24, 2.45) is 0 Å². The molecule has 1 rings (SSSR count). The predicted molar refractivity (Wildman–Crippen MR) is 57.6 cm³/mol. The fraction of sp³-hybridized carbons (Fsp3) is 0.889. The SMILES string of the molecule is CCC(C#N)S(=O)(=O)N1CCN[C@@H](C)C1. The molecule has 0 aromatic carbocycles. The lowest BCUT2D eigenvalue weighted by atomic mass is 10.3. The van der Waals surface area contributed by atoms with Crippen molar-refractivity contribution in [3.8, 4) is 6.07 Å². The van der Waals surface area contributed by atoms with Gasteiger partial charge in [-0.15, -0.1) is 0 Å². The van der Waals surface area contributed by atoms with E-state index in [0.29, 0.717) is 26.1 Å². The Bertz CT molecular complexity index is 347. The lowest BCUT2D eigenvalue weighted by molar-refractivity contribution is 0.308. The van der Waals surface area contributed by atoms with Gasteiger partial charge in [0.25, 0.3) is 0 Å². The molecule has 0 radical (unpaired) electrons. The van der Waals surface area contributed by atoms with Gasteiger partial charge in [0.15, 0.2) is 5.25 Å². The van der Waals surface area contributed by atoms with Crippen LogP contribution in [-0.2, 0) is 10.0 Å². The third-order valence-corrected chi connectivity index (χ3v) is 4.77. The molecule has 0 aromatic heterocycles. The molecule has 0 spiro atoms. The van der Waals surface area contributed by atoms with Crippen molar-refractivity contribution in [2.45, 2.75) is 31.6 Å². The highest BCUT2D eigenvalue weighted by Gasteiger charge is 2.33. The molecule has 0 aromatic rings. The lowest BCUT2D eigenvalue weighted by Gasteiger charge is -2.32. The van der Waals surface area contributed by atoms with E-state index in [2.05, 4.69) is 5.32 Å². The van der Waals surface area contributed by atoms with Gasteiger partial charge in [0.2, 0.25) is 10.0 Å². The average molecular weight is 231 g/mol. The Morgan fingerprint density at radius 1 is 1.67 bits per heavy atom. The number of piperazine rings is 1. The second-order valence-electron chi connectivity index (χ2n) is 3.78. The number of sulfonamides is 1. The van der Waals surface area contributed by atoms with E-state index in [9.17, 15) is 8.42 Å². The van der Waals surface area contributed by atoms with Crippen LogP contribution >= 0.6 is 0 Å². The Balaban J connectivity index is 2.81. The van der Waals surface area contributed by atoms with Crippen molar-refractivity contribution in [3.05, 3.63) is 0 Å². The monoisotopic (exact) mass is 231 g/mol. The fourth-order valence-corrected chi connectivity index (χ4v) is 3.37. The molecule has 1 aliphatic heterocycles.